The molecule has 27 heavy (non-hydrogen) atoms. The zero-order valence-corrected chi connectivity index (χ0v) is 15.1. The Morgan fingerprint density at radius 3 is 2.26 bits per heavy atom. The summed E-state index contributed by atoms with van der Waals surface area (Å²) in [6, 6.07) is 24.4. The SMILES string of the molecule is Cc1ccc(C(NC(=O)COc2ccccc2C=O)c2ccccc2)cc1. The summed E-state index contributed by atoms with van der Waals surface area (Å²) in [5.74, 6) is 0.138. The maximum absolute atomic E-state index is 12.5. The molecule has 0 fully saturated rings. The monoisotopic (exact) mass is 359 g/mol. The minimum absolute atomic E-state index is 0.167. The Morgan fingerprint density at radius 1 is 0.926 bits per heavy atom. The number of benzene rings is 3. The molecule has 0 aliphatic heterocycles. The summed E-state index contributed by atoms with van der Waals surface area (Å²) < 4.78 is 5.54. The van der Waals surface area contributed by atoms with Gasteiger partial charge in [-0.2, -0.15) is 0 Å². The van der Waals surface area contributed by atoms with Crippen LogP contribution in [0.4, 0.5) is 0 Å². The number of aryl methyl sites for hydroxylation is 1. The first kappa shape index (κ1) is 18.4. The standard InChI is InChI=1S/C23H21NO3/c1-17-11-13-19(14-12-17)23(18-7-3-2-4-8-18)24-22(26)16-27-21-10-6-5-9-20(21)15-25/h2-15,23H,16H2,1H3,(H,24,26). The van der Waals surface area contributed by atoms with Crippen molar-refractivity contribution in [2.45, 2.75) is 13.0 Å². The van der Waals surface area contributed by atoms with Crippen molar-refractivity contribution in [3.05, 3.63) is 101 Å². The van der Waals surface area contributed by atoms with Crippen LogP contribution in [0.3, 0.4) is 0 Å². The Morgan fingerprint density at radius 2 is 1.56 bits per heavy atom. The van der Waals surface area contributed by atoms with Gasteiger partial charge >= 0.3 is 0 Å². The molecule has 1 N–H and O–H groups in total. The van der Waals surface area contributed by atoms with E-state index in [1.165, 1.54) is 0 Å². The van der Waals surface area contributed by atoms with Gasteiger partial charge in [-0.3, -0.25) is 9.59 Å². The van der Waals surface area contributed by atoms with Crippen molar-refractivity contribution in [3.8, 4) is 5.75 Å². The lowest BCUT2D eigenvalue weighted by Gasteiger charge is -2.20. The van der Waals surface area contributed by atoms with Crippen LogP contribution in [0.15, 0.2) is 78.9 Å². The number of amides is 1. The van der Waals surface area contributed by atoms with Gasteiger partial charge in [0.05, 0.1) is 11.6 Å². The molecular weight excluding hydrogens is 338 g/mol. The molecule has 0 heterocycles. The van der Waals surface area contributed by atoms with E-state index in [4.69, 9.17) is 4.74 Å². The van der Waals surface area contributed by atoms with E-state index in [0.717, 1.165) is 16.7 Å². The van der Waals surface area contributed by atoms with Crippen molar-refractivity contribution in [2.75, 3.05) is 6.61 Å². The van der Waals surface area contributed by atoms with Crippen LogP contribution in [0.1, 0.15) is 33.1 Å². The van der Waals surface area contributed by atoms with Crippen LogP contribution in [0.5, 0.6) is 5.75 Å². The highest BCUT2D eigenvalue weighted by atomic mass is 16.5. The third-order valence-corrected chi connectivity index (χ3v) is 4.25. The summed E-state index contributed by atoms with van der Waals surface area (Å²) in [7, 11) is 0. The first-order chi connectivity index (χ1) is 13.2. The van der Waals surface area contributed by atoms with Crippen molar-refractivity contribution in [3.63, 3.8) is 0 Å². The van der Waals surface area contributed by atoms with Crippen LogP contribution >= 0.6 is 0 Å². The number of carbonyl (C=O) groups excluding carboxylic acids is 2. The van der Waals surface area contributed by atoms with E-state index in [-0.39, 0.29) is 18.6 Å². The number of nitrogens with one attached hydrogen (secondary N) is 1. The van der Waals surface area contributed by atoms with Gasteiger partial charge in [0, 0.05) is 0 Å². The van der Waals surface area contributed by atoms with Crippen molar-refractivity contribution in [2.24, 2.45) is 0 Å². The van der Waals surface area contributed by atoms with Crippen LogP contribution in [-0.2, 0) is 4.79 Å². The molecule has 1 atom stereocenters. The molecule has 1 unspecified atom stereocenters. The van der Waals surface area contributed by atoms with E-state index >= 15 is 0 Å². The Labute approximate surface area is 158 Å². The van der Waals surface area contributed by atoms with Gasteiger partial charge in [-0.15, -0.1) is 0 Å². The summed E-state index contributed by atoms with van der Waals surface area (Å²) in [4.78, 5) is 23.6. The molecule has 0 saturated carbocycles. The van der Waals surface area contributed by atoms with Gasteiger partial charge in [0.25, 0.3) is 5.91 Å². The van der Waals surface area contributed by atoms with Crippen molar-refractivity contribution < 1.29 is 14.3 Å². The predicted molar refractivity (Wildman–Crippen MR) is 105 cm³/mol. The molecule has 1 amide bonds. The van der Waals surface area contributed by atoms with Crippen LogP contribution in [0, 0.1) is 6.92 Å². The normalized spacial score (nSPS) is 11.4. The fraction of sp³-hybridized carbons (Fsp3) is 0.130. The lowest BCUT2D eigenvalue weighted by Crippen LogP contribution is -2.33. The summed E-state index contributed by atoms with van der Waals surface area (Å²) in [5, 5.41) is 3.02. The quantitative estimate of drug-likeness (QED) is 0.647. The van der Waals surface area contributed by atoms with Crippen molar-refractivity contribution in [1.82, 2.24) is 5.32 Å². The van der Waals surface area contributed by atoms with Gasteiger partial charge in [-0.1, -0.05) is 72.3 Å². The van der Waals surface area contributed by atoms with Gasteiger partial charge < -0.3 is 10.1 Å². The summed E-state index contributed by atoms with van der Waals surface area (Å²) >= 11 is 0. The van der Waals surface area contributed by atoms with Crippen LogP contribution < -0.4 is 10.1 Å². The van der Waals surface area contributed by atoms with Crippen LogP contribution in [0.2, 0.25) is 0 Å². The number of ether oxygens (including phenoxy) is 1. The third-order valence-electron chi connectivity index (χ3n) is 4.25. The minimum Gasteiger partial charge on any atom is -0.483 e. The average Bonchev–Trinajstić information content (AvgIpc) is 2.72. The Kier molecular flexibility index (Phi) is 6.00. The third kappa shape index (κ3) is 4.82. The average molecular weight is 359 g/mol. The molecule has 0 aromatic heterocycles. The molecule has 3 aromatic carbocycles. The Hall–Kier alpha value is -3.40. The molecule has 0 aliphatic carbocycles. The van der Waals surface area contributed by atoms with E-state index in [1.807, 2.05) is 61.5 Å². The second-order valence-electron chi connectivity index (χ2n) is 6.27. The highest BCUT2D eigenvalue weighted by molar-refractivity contribution is 5.81. The van der Waals surface area contributed by atoms with Gasteiger partial charge in [-0.05, 0) is 30.2 Å². The molecule has 0 spiro atoms. The van der Waals surface area contributed by atoms with Crippen LogP contribution in [-0.4, -0.2) is 18.8 Å². The van der Waals surface area contributed by atoms with E-state index in [2.05, 4.69) is 5.32 Å². The molecule has 4 heteroatoms. The Bertz CT molecular complexity index is 904. The fourth-order valence-electron chi connectivity index (χ4n) is 2.82. The lowest BCUT2D eigenvalue weighted by molar-refractivity contribution is -0.123. The molecule has 3 rings (SSSR count). The molecule has 4 nitrogen and oxygen atoms in total. The Balaban J connectivity index is 1.74. The molecule has 3 aromatic rings. The van der Waals surface area contributed by atoms with E-state index < -0.39 is 0 Å². The number of hydrogen-bond donors (Lipinski definition) is 1. The summed E-state index contributed by atoms with van der Waals surface area (Å²) in [6.45, 7) is 1.86. The number of hydrogen-bond acceptors (Lipinski definition) is 3. The lowest BCUT2D eigenvalue weighted by atomic mass is 9.98. The number of carbonyl (C=O) groups is 2. The first-order valence-corrected chi connectivity index (χ1v) is 8.75. The smallest absolute Gasteiger partial charge is 0.258 e. The van der Waals surface area contributed by atoms with Gasteiger partial charge in [0.1, 0.15) is 5.75 Å². The first-order valence-electron chi connectivity index (χ1n) is 8.75. The molecule has 136 valence electrons. The maximum Gasteiger partial charge on any atom is 0.258 e. The highest BCUT2D eigenvalue weighted by Crippen LogP contribution is 2.22. The highest BCUT2D eigenvalue weighted by Gasteiger charge is 2.17. The zero-order valence-electron chi connectivity index (χ0n) is 15.1. The molecule has 0 bridgehead atoms. The van der Waals surface area contributed by atoms with Crippen molar-refractivity contribution in [1.29, 1.82) is 0 Å². The van der Waals surface area contributed by atoms with E-state index in [0.29, 0.717) is 17.6 Å². The molecule has 0 saturated heterocycles. The predicted octanol–water partition coefficient (Wildman–Crippen LogP) is 4.09. The molecular formula is C23H21NO3. The van der Waals surface area contributed by atoms with Crippen LogP contribution in [0.25, 0.3) is 0 Å². The second kappa shape index (κ2) is 8.81. The number of aldehydes is 1. The van der Waals surface area contributed by atoms with Gasteiger partial charge in [0.2, 0.25) is 0 Å². The number of rotatable bonds is 7. The molecule has 0 radical (unpaired) electrons. The maximum atomic E-state index is 12.5. The van der Waals surface area contributed by atoms with Gasteiger partial charge in [0.15, 0.2) is 12.9 Å². The fourth-order valence-corrected chi connectivity index (χ4v) is 2.82. The number of para-hydroxylation sites is 1. The van der Waals surface area contributed by atoms with Crippen molar-refractivity contribution >= 4 is 12.2 Å². The zero-order chi connectivity index (χ0) is 19.1. The van der Waals surface area contributed by atoms with E-state index in [1.54, 1.807) is 24.3 Å². The minimum atomic E-state index is -0.274. The summed E-state index contributed by atoms with van der Waals surface area (Å²) in [5.41, 5.74) is 3.56. The van der Waals surface area contributed by atoms with E-state index in [9.17, 15) is 9.59 Å². The second-order valence-corrected chi connectivity index (χ2v) is 6.27. The van der Waals surface area contributed by atoms with Gasteiger partial charge in [-0.25, -0.2) is 0 Å². The summed E-state index contributed by atoms with van der Waals surface area (Å²) in [6.07, 6.45) is 0.715. The largest absolute Gasteiger partial charge is 0.483 e. The molecule has 0 aliphatic rings. The topological polar surface area (TPSA) is 55.4 Å².